The Balaban J connectivity index is 1.98. The Labute approximate surface area is 149 Å². The smallest absolute Gasteiger partial charge is 0.239 e. The summed E-state index contributed by atoms with van der Waals surface area (Å²) in [5, 5.41) is 3.75. The van der Waals surface area contributed by atoms with Crippen molar-refractivity contribution >= 4 is 23.2 Å². The minimum absolute atomic E-state index is 0.0708. The van der Waals surface area contributed by atoms with Gasteiger partial charge in [0.05, 0.1) is 0 Å². The summed E-state index contributed by atoms with van der Waals surface area (Å²) >= 11 is 6.25. The monoisotopic (exact) mass is 341 g/mol. The summed E-state index contributed by atoms with van der Waals surface area (Å²) < 4.78 is 0. The maximum atomic E-state index is 13.0. The largest absolute Gasteiger partial charge is 0.325 e. The van der Waals surface area contributed by atoms with Crippen LogP contribution in [-0.2, 0) is 10.2 Å². The van der Waals surface area contributed by atoms with Crippen LogP contribution in [0.4, 0.5) is 5.69 Å². The van der Waals surface area contributed by atoms with E-state index < -0.39 is 5.41 Å². The van der Waals surface area contributed by atoms with E-state index in [4.69, 9.17) is 11.6 Å². The lowest BCUT2D eigenvalue weighted by molar-refractivity contribution is -0.119. The summed E-state index contributed by atoms with van der Waals surface area (Å²) in [6.07, 6.45) is 6.72. The molecule has 0 fully saturated rings. The van der Waals surface area contributed by atoms with Crippen molar-refractivity contribution in [1.82, 2.24) is 0 Å². The normalized spacial score (nSPS) is 19.2. The van der Waals surface area contributed by atoms with Gasteiger partial charge in [0.2, 0.25) is 5.91 Å². The van der Waals surface area contributed by atoms with Crippen LogP contribution in [0.3, 0.4) is 0 Å². The lowest BCUT2D eigenvalue weighted by atomic mass is 9.72. The van der Waals surface area contributed by atoms with E-state index in [1.807, 2.05) is 36.4 Å². The third kappa shape index (κ3) is 3.08. The molecule has 1 atom stereocenters. The van der Waals surface area contributed by atoms with E-state index >= 15 is 0 Å². The highest BCUT2D eigenvalue weighted by atomic mass is 35.5. The van der Waals surface area contributed by atoms with Crippen LogP contribution in [0, 0.1) is 0 Å². The number of hydrogen-bond acceptors (Lipinski definition) is 1. The molecule has 0 radical (unpaired) electrons. The molecule has 0 saturated carbocycles. The van der Waals surface area contributed by atoms with Gasteiger partial charge < -0.3 is 5.32 Å². The Kier molecular flexibility index (Phi) is 5.25. The predicted molar refractivity (Wildman–Crippen MR) is 101 cm³/mol. The van der Waals surface area contributed by atoms with Crippen molar-refractivity contribution in [3.63, 3.8) is 0 Å². The number of unbranched alkanes of at least 4 members (excludes halogenated alkanes) is 4. The van der Waals surface area contributed by atoms with Crippen LogP contribution in [-0.4, -0.2) is 5.91 Å². The van der Waals surface area contributed by atoms with Gasteiger partial charge >= 0.3 is 0 Å². The molecule has 2 nitrogen and oxygen atoms in total. The van der Waals surface area contributed by atoms with Gasteiger partial charge in [-0.3, -0.25) is 4.79 Å². The molecule has 2 aromatic carbocycles. The first-order chi connectivity index (χ1) is 11.7. The Hall–Kier alpha value is -1.80. The highest BCUT2D eigenvalue weighted by Gasteiger charge is 2.47. The van der Waals surface area contributed by atoms with Crippen LogP contribution >= 0.6 is 11.6 Å². The summed E-state index contributed by atoms with van der Waals surface area (Å²) in [5.41, 5.74) is 2.34. The van der Waals surface area contributed by atoms with E-state index in [2.05, 4.69) is 24.4 Å². The maximum Gasteiger partial charge on any atom is 0.239 e. The molecular formula is C21H24ClNO. The van der Waals surface area contributed by atoms with Gasteiger partial charge in [-0.05, 0) is 35.7 Å². The van der Waals surface area contributed by atoms with Crippen LogP contribution in [0.1, 0.15) is 56.6 Å². The van der Waals surface area contributed by atoms with E-state index in [9.17, 15) is 4.79 Å². The third-order valence-electron chi connectivity index (χ3n) is 5.00. The van der Waals surface area contributed by atoms with E-state index in [1.54, 1.807) is 0 Å². The molecule has 24 heavy (non-hydrogen) atoms. The van der Waals surface area contributed by atoms with Crippen LogP contribution in [0.2, 0.25) is 5.02 Å². The van der Waals surface area contributed by atoms with Crippen LogP contribution < -0.4 is 5.32 Å². The Morgan fingerprint density at radius 1 is 1.00 bits per heavy atom. The average Bonchev–Trinajstić information content (AvgIpc) is 2.88. The molecule has 0 aromatic heterocycles. The lowest BCUT2D eigenvalue weighted by Crippen LogP contribution is -2.35. The second kappa shape index (κ2) is 7.40. The predicted octanol–water partition coefficient (Wildman–Crippen LogP) is 5.94. The maximum absolute atomic E-state index is 13.0. The number of carbonyl (C=O) groups excluding carboxylic acids is 1. The molecule has 1 amide bonds. The molecule has 0 bridgehead atoms. The number of fused-ring (bicyclic) bond motifs is 1. The SMILES string of the molecule is CCCCCCCC1(c2ccccc2)C(=O)Nc2ccc(Cl)cc21. The first-order valence-electron chi connectivity index (χ1n) is 8.85. The minimum atomic E-state index is -0.617. The van der Waals surface area contributed by atoms with Gasteiger partial charge in [-0.25, -0.2) is 0 Å². The fraction of sp³-hybridized carbons (Fsp3) is 0.381. The van der Waals surface area contributed by atoms with Crippen molar-refractivity contribution in [3.05, 3.63) is 64.7 Å². The second-order valence-electron chi connectivity index (χ2n) is 6.58. The minimum Gasteiger partial charge on any atom is -0.325 e. The van der Waals surface area contributed by atoms with Crippen molar-refractivity contribution < 1.29 is 4.79 Å². The van der Waals surface area contributed by atoms with Crippen molar-refractivity contribution in [3.8, 4) is 0 Å². The summed E-state index contributed by atoms with van der Waals surface area (Å²) in [5.74, 6) is 0.0708. The summed E-state index contributed by atoms with van der Waals surface area (Å²) in [6.45, 7) is 2.22. The number of anilines is 1. The number of carbonyl (C=O) groups is 1. The summed E-state index contributed by atoms with van der Waals surface area (Å²) in [4.78, 5) is 13.0. The molecule has 0 aliphatic carbocycles. The van der Waals surface area contributed by atoms with E-state index in [0.29, 0.717) is 5.02 Å². The molecule has 3 heteroatoms. The Morgan fingerprint density at radius 3 is 2.50 bits per heavy atom. The number of hydrogen-bond donors (Lipinski definition) is 1. The van der Waals surface area contributed by atoms with Crippen molar-refractivity contribution in [2.24, 2.45) is 0 Å². The van der Waals surface area contributed by atoms with Gasteiger partial charge in [-0.15, -0.1) is 0 Å². The van der Waals surface area contributed by atoms with E-state index in [0.717, 1.165) is 36.1 Å². The zero-order chi connectivity index (χ0) is 17.0. The fourth-order valence-electron chi connectivity index (χ4n) is 3.73. The molecule has 2 aromatic rings. The standard InChI is InChI=1S/C21H24ClNO/c1-2-3-4-5-9-14-21(16-10-7-6-8-11-16)18-15-17(22)12-13-19(18)23-20(21)24/h6-8,10-13,15H,2-5,9,14H2,1H3,(H,23,24). The molecule has 1 N–H and O–H groups in total. The number of amides is 1. The third-order valence-corrected chi connectivity index (χ3v) is 5.23. The van der Waals surface area contributed by atoms with Crippen LogP contribution in [0.25, 0.3) is 0 Å². The zero-order valence-corrected chi connectivity index (χ0v) is 14.9. The second-order valence-corrected chi connectivity index (χ2v) is 7.02. The van der Waals surface area contributed by atoms with Gasteiger partial charge in [-0.2, -0.15) is 0 Å². The highest BCUT2D eigenvalue weighted by molar-refractivity contribution is 6.31. The molecule has 0 saturated heterocycles. The zero-order valence-electron chi connectivity index (χ0n) is 14.1. The van der Waals surface area contributed by atoms with Crippen molar-refractivity contribution in [2.75, 3.05) is 5.32 Å². The molecule has 1 aliphatic heterocycles. The lowest BCUT2D eigenvalue weighted by Gasteiger charge is -2.28. The van der Waals surface area contributed by atoms with Gasteiger partial charge in [-0.1, -0.05) is 81.0 Å². The van der Waals surface area contributed by atoms with Crippen molar-refractivity contribution in [1.29, 1.82) is 0 Å². The number of nitrogens with one attached hydrogen (secondary N) is 1. The van der Waals surface area contributed by atoms with Gasteiger partial charge in [0.15, 0.2) is 0 Å². The first kappa shape index (κ1) is 17.0. The molecule has 3 rings (SSSR count). The number of halogens is 1. The fourth-order valence-corrected chi connectivity index (χ4v) is 3.90. The first-order valence-corrected chi connectivity index (χ1v) is 9.23. The summed E-state index contributed by atoms with van der Waals surface area (Å²) in [7, 11) is 0. The van der Waals surface area contributed by atoms with Crippen molar-refractivity contribution in [2.45, 2.75) is 50.9 Å². The van der Waals surface area contributed by atoms with E-state index in [1.165, 1.54) is 19.3 Å². The van der Waals surface area contributed by atoms with Gasteiger partial charge in [0, 0.05) is 10.7 Å². The topological polar surface area (TPSA) is 29.1 Å². The molecule has 1 heterocycles. The van der Waals surface area contributed by atoms with E-state index in [-0.39, 0.29) is 5.91 Å². The van der Waals surface area contributed by atoms with Crippen LogP contribution in [0.15, 0.2) is 48.5 Å². The van der Waals surface area contributed by atoms with Crippen LogP contribution in [0.5, 0.6) is 0 Å². The highest BCUT2D eigenvalue weighted by Crippen LogP contribution is 2.47. The molecule has 126 valence electrons. The van der Waals surface area contributed by atoms with Gasteiger partial charge in [0.1, 0.15) is 5.41 Å². The Bertz CT molecular complexity index is 713. The molecule has 0 spiro atoms. The number of benzene rings is 2. The molecule has 1 aliphatic rings. The van der Waals surface area contributed by atoms with Gasteiger partial charge in [0.25, 0.3) is 0 Å². The average molecular weight is 342 g/mol. The molecule has 1 unspecified atom stereocenters. The Morgan fingerprint density at radius 2 is 1.75 bits per heavy atom. The summed E-state index contributed by atoms with van der Waals surface area (Å²) in [6, 6.07) is 15.8. The number of rotatable bonds is 7. The molecular weight excluding hydrogens is 318 g/mol. The quantitative estimate of drug-likeness (QED) is 0.620.